The van der Waals surface area contributed by atoms with E-state index in [1.54, 1.807) is 7.05 Å². The maximum absolute atomic E-state index is 12.4. The van der Waals surface area contributed by atoms with Gasteiger partial charge in [-0.05, 0) is 37.8 Å². The Morgan fingerprint density at radius 3 is 2.84 bits per heavy atom. The van der Waals surface area contributed by atoms with Gasteiger partial charge in [0.25, 0.3) is 0 Å². The number of carbonyl (C=O) groups excluding carboxylic acids is 1. The Bertz CT molecular complexity index is 605. The number of carbonyl (C=O) groups is 1. The van der Waals surface area contributed by atoms with E-state index >= 15 is 0 Å². The Kier molecular flexibility index (Phi) is 7.56. The maximum Gasteiger partial charge on any atom is 0.224 e. The molecule has 1 unspecified atom stereocenters. The van der Waals surface area contributed by atoms with E-state index in [0.717, 1.165) is 35.9 Å². The zero-order chi connectivity index (χ0) is 18.2. The van der Waals surface area contributed by atoms with Crippen molar-refractivity contribution in [2.24, 2.45) is 4.99 Å². The zero-order valence-electron chi connectivity index (χ0n) is 15.5. The first-order valence-corrected chi connectivity index (χ1v) is 9.35. The van der Waals surface area contributed by atoms with Crippen LogP contribution in [-0.2, 0) is 11.3 Å². The number of amides is 1. The van der Waals surface area contributed by atoms with Gasteiger partial charge in [-0.1, -0.05) is 29.8 Å². The van der Waals surface area contributed by atoms with E-state index in [1.165, 1.54) is 6.42 Å². The first-order valence-electron chi connectivity index (χ1n) is 8.97. The van der Waals surface area contributed by atoms with E-state index in [0.29, 0.717) is 25.6 Å². The van der Waals surface area contributed by atoms with E-state index in [4.69, 9.17) is 11.6 Å². The summed E-state index contributed by atoms with van der Waals surface area (Å²) >= 11 is 6.22. The summed E-state index contributed by atoms with van der Waals surface area (Å²) in [7, 11) is 3.72. The van der Waals surface area contributed by atoms with Gasteiger partial charge in [-0.15, -0.1) is 0 Å². The highest BCUT2D eigenvalue weighted by molar-refractivity contribution is 6.31. The predicted molar refractivity (Wildman–Crippen MR) is 104 cm³/mol. The SMILES string of the molecule is CN=C(NCCC(=O)N1CCCCC1C)N(C)Cc1ccccc1Cl. The van der Waals surface area contributed by atoms with Crippen molar-refractivity contribution >= 4 is 23.5 Å². The number of likely N-dealkylation sites (tertiary alicyclic amines) is 1. The maximum atomic E-state index is 12.4. The van der Waals surface area contributed by atoms with Crippen LogP contribution in [0.5, 0.6) is 0 Å². The topological polar surface area (TPSA) is 47.9 Å². The number of nitrogens with one attached hydrogen (secondary N) is 1. The van der Waals surface area contributed by atoms with Gasteiger partial charge in [0.2, 0.25) is 5.91 Å². The van der Waals surface area contributed by atoms with Crippen molar-refractivity contribution in [1.29, 1.82) is 0 Å². The van der Waals surface area contributed by atoms with E-state index < -0.39 is 0 Å². The molecule has 1 aromatic carbocycles. The monoisotopic (exact) mass is 364 g/mol. The molecule has 1 amide bonds. The van der Waals surface area contributed by atoms with Crippen LogP contribution in [0.2, 0.25) is 5.02 Å². The summed E-state index contributed by atoms with van der Waals surface area (Å²) in [5, 5.41) is 4.03. The van der Waals surface area contributed by atoms with Crippen LogP contribution in [0.3, 0.4) is 0 Å². The standard InChI is InChI=1S/C19H29ClN4O/c1-15-8-6-7-13-24(15)18(25)11-12-22-19(21-2)23(3)14-16-9-4-5-10-17(16)20/h4-5,9-10,15H,6-8,11-14H2,1-3H3,(H,21,22). The lowest BCUT2D eigenvalue weighted by molar-refractivity contribution is -0.134. The molecule has 1 fully saturated rings. The van der Waals surface area contributed by atoms with Gasteiger partial charge in [0.05, 0.1) is 0 Å². The highest BCUT2D eigenvalue weighted by atomic mass is 35.5. The molecule has 1 aliphatic rings. The average molecular weight is 365 g/mol. The summed E-state index contributed by atoms with van der Waals surface area (Å²) in [6, 6.07) is 8.16. The minimum absolute atomic E-state index is 0.226. The molecular formula is C19H29ClN4O. The minimum Gasteiger partial charge on any atom is -0.356 e. The highest BCUT2D eigenvalue weighted by Crippen LogP contribution is 2.17. The molecule has 1 atom stereocenters. The number of hydrogen-bond acceptors (Lipinski definition) is 2. The highest BCUT2D eigenvalue weighted by Gasteiger charge is 2.22. The molecule has 1 saturated heterocycles. The third kappa shape index (κ3) is 5.63. The van der Waals surface area contributed by atoms with Gasteiger partial charge in [0.1, 0.15) is 0 Å². The molecule has 0 saturated carbocycles. The summed E-state index contributed by atoms with van der Waals surface area (Å²) < 4.78 is 0. The van der Waals surface area contributed by atoms with Crippen molar-refractivity contribution in [3.8, 4) is 0 Å². The Labute approximate surface area is 156 Å². The third-order valence-electron chi connectivity index (χ3n) is 4.68. The lowest BCUT2D eigenvalue weighted by atomic mass is 10.0. The van der Waals surface area contributed by atoms with Crippen LogP contribution in [0.15, 0.2) is 29.3 Å². The fraction of sp³-hybridized carbons (Fsp3) is 0.579. The minimum atomic E-state index is 0.226. The van der Waals surface area contributed by atoms with Crippen molar-refractivity contribution in [2.45, 2.75) is 45.2 Å². The molecule has 0 aliphatic carbocycles. The first kappa shape index (κ1) is 19.6. The molecule has 0 bridgehead atoms. The lowest BCUT2D eigenvalue weighted by Crippen LogP contribution is -2.44. The normalized spacial score (nSPS) is 18.2. The second-order valence-electron chi connectivity index (χ2n) is 6.60. The summed E-state index contributed by atoms with van der Waals surface area (Å²) in [6.07, 6.45) is 3.94. The van der Waals surface area contributed by atoms with Crippen molar-refractivity contribution < 1.29 is 4.79 Å². The zero-order valence-corrected chi connectivity index (χ0v) is 16.2. The van der Waals surface area contributed by atoms with Gasteiger partial charge in [0, 0.05) is 51.2 Å². The molecule has 0 spiro atoms. The number of halogens is 1. The molecule has 1 aromatic rings. The number of benzene rings is 1. The number of guanidine groups is 1. The van der Waals surface area contributed by atoms with Crippen LogP contribution in [0.1, 0.15) is 38.2 Å². The van der Waals surface area contributed by atoms with E-state index in [2.05, 4.69) is 17.2 Å². The van der Waals surface area contributed by atoms with Crippen LogP contribution in [0.25, 0.3) is 0 Å². The molecular weight excluding hydrogens is 336 g/mol. The lowest BCUT2D eigenvalue weighted by Gasteiger charge is -2.33. The molecule has 138 valence electrons. The van der Waals surface area contributed by atoms with Crippen LogP contribution >= 0.6 is 11.6 Å². The summed E-state index contributed by atoms with van der Waals surface area (Å²) in [5.41, 5.74) is 1.05. The molecule has 0 aromatic heterocycles. The van der Waals surface area contributed by atoms with Crippen LogP contribution in [0, 0.1) is 0 Å². The largest absolute Gasteiger partial charge is 0.356 e. The van der Waals surface area contributed by atoms with Gasteiger partial charge in [0.15, 0.2) is 5.96 Å². The van der Waals surface area contributed by atoms with Crippen LogP contribution in [0.4, 0.5) is 0 Å². The number of nitrogens with zero attached hydrogens (tertiary/aromatic N) is 3. The summed E-state index contributed by atoms with van der Waals surface area (Å²) in [4.78, 5) is 20.7. The Balaban J connectivity index is 1.81. The Hall–Kier alpha value is -1.75. The molecule has 0 radical (unpaired) electrons. The second-order valence-corrected chi connectivity index (χ2v) is 7.01. The van der Waals surface area contributed by atoms with E-state index in [-0.39, 0.29) is 5.91 Å². The molecule has 2 rings (SSSR count). The van der Waals surface area contributed by atoms with Gasteiger partial charge in [-0.25, -0.2) is 0 Å². The fourth-order valence-corrected chi connectivity index (χ4v) is 3.43. The van der Waals surface area contributed by atoms with Gasteiger partial charge >= 0.3 is 0 Å². The molecule has 1 N–H and O–H groups in total. The Morgan fingerprint density at radius 2 is 2.16 bits per heavy atom. The third-order valence-corrected chi connectivity index (χ3v) is 5.05. The van der Waals surface area contributed by atoms with Crippen molar-refractivity contribution in [1.82, 2.24) is 15.1 Å². The Morgan fingerprint density at radius 1 is 1.40 bits per heavy atom. The quantitative estimate of drug-likeness (QED) is 0.645. The molecule has 5 nitrogen and oxygen atoms in total. The van der Waals surface area contributed by atoms with Crippen LogP contribution < -0.4 is 5.32 Å². The van der Waals surface area contributed by atoms with Gasteiger partial charge in [-0.3, -0.25) is 9.79 Å². The average Bonchev–Trinajstić information content (AvgIpc) is 2.60. The molecule has 1 heterocycles. The van der Waals surface area contributed by atoms with Crippen molar-refractivity contribution in [2.75, 3.05) is 27.2 Å². The molecule has 25 heavy (non-hydrogen) atoms. The van der Waals surface area contributed by atoms with Gasteiger partial charge in [-0.2, -0.15) is 0 Å². The van der Waals surface area contributed by atoms with Crippen LogP contribution in [-0.4, -0.2) is 54.9 Å². The molecule has 6 heteroatoms. The van der Waals surface area contributed by atoms with Crippen molar-refractivity contribution in [3.05, 3.63) is 34.9 Å². The number of piperidine rings is 1. The number of rotatable bonds is 5. The van der Waals surface area contributed by atoms with E-state index in [9.17, 15) is 4.79 Å². The fourth-order valence-electron chi connectivity index (χ4n) is 3.24. The number of hydrogen-bond donors (Lipinski definition) is 1. The molecule has 1 aliphatic heterocycles. The smallest absolute Gasteiger partial charge is 0.224 e. The second kappa shape index (κ2) is 9.66. The summed E-state index contributed by atoms with van der Waals surface area (Å²) in [5.74, 6) is 0.989. The predicted octanol–water partition coefficient (Wildman–Crippen LogP) is 3.14. The summed E-state index contributed by atoms with van der Waals surface area (Å²) in [6.45, 7) is 4.28. The number of aliphatic imine (C=N–C) groups is 1. The van der Waals surface area contributed by atoms with Crippen molar-refractivity contribution in [3.63, 3.8) is 0 Å². The first-order chi connectivity index (χ1) is 12.0. The van der Waals surface area contributed by atoms with E-state index in [1.807, 2.05) is 41.1 Å². The van der Waals surface area contributed by atoms with Gasteiger partial charge < -0.3 is 15.1 Å².